The van der Waals surface area contributed by atoms with E-state index in [1.807, 2.05) is 0 Å². The topological polar surface area (TPSA) is 59.3 Å². The first kappa shape index (κ1) is 7.09. The van der Waals surface area contributed by atoms with Crippen molar-refractivity contribution in [3.05, 3.63) is 17.9 Å². The molecule has 0 aromatic carbocycles. The number of carbonyl (C=O) groups is 2. The van der Waals surface area contributed by atoms with Gasteiger partial charge in [-0.1, -0.05) is 0 Å². The average molecular weight is 165 g/mol. The zero-order valence-electron chi connectivity index (χ0n) is 6.29. The van der Waals surface area contributed by atoms with Crippen LogP contribution in [-0.2, 0) is 4.79 Å². The monoisotopic (exact) mass is 165 g/mol. The molecule has 0 radical (unpaired) electrons. The second-order valence-electron chi connectivity index (χ2n) is 2.63. The molecule has 2 heterocycles. The van der Waals surface area contributed by atoms with Gasteiger partial charge in [0.2, 0.25) is 11.8 Å². The van der Waals surface area contributed by atoms with Gasteiger partial charge in [-0.2, -0.15) is 0 Å². The SMILES string of the molecule is O=C1CCC(=O)c2ccoc2N1. The molecule has 1 aromatic rings. The maximum absolute atomic E-state index is 11.3. The molecular weight excluding hydrogens is 158 g/mol. The van der Waals surface area contributed by atoms with E-state index in [-0.39, 0.29) is 30.4 Å². The minimum atomic E-state index is -0.169. The van der Waals surface area contributed by atoms with E-state index in [2.05, 4.69) is 5.32 Å². The molecule has 0 aliphatic carbocycles. The molecule has 1 amide bonds. The molecule has 1 aliphatic rings. The predicted molar refractivity (Wildman–Crippen MR) is 40.9 cm³/mol. The largest absolute Gasteiger partial charge is 0.448 e. The molecule has 0 atom stereocenters. The normalized spacial score (nSPS) is 16.7. The fourth-order valence-corrected chi connectivity index (χ4v) is 1.18. The molecule has 62 valence electrons. The molecule has 1 aliphatic heterocycles. The minimum Gasteiger partial charge on any atom is -0.448 e. The van der Waals surface area contributed by atoms with Crippen LogP contribution < -0.4 is 5.32 Å². The Morgan fingerprint density at radius 3 is 3.00 bits per heavy atom. The Balaban J connectivity index is 2.45. The number of hydrogen-bond donors (Lipinski definition) is 1. The third-order valence-electron chi connectivity index (χ3n) is 1.80. The molecule has 0 spiro atoms. The highest BCUT2D eigenvalue weighted by Gasteiger charge is 2.21. The lowest BCUT2D eigenvalue weighted by molar-refractivity contribution is -0.116. The molecule has 0 bridgehead atoms. The van der Waals surface area contributed by atoms with Crippen molar-refractivity contribution in [1.29, 1.82) is 0 Å². The van der Waals surface area contributed by atoms with E-state index in [9.17, 15) is 9.59 Å². The average Bonchev–Trinajstić information content (AvgIpc) is 2.44. The lowest BCUT2D eigenvalue weighted by Gasteiger charge is -1.95. The molecule has 1 N–H and O–H groups in total. The summed E-state index contributed by atoms with van der Waals surface area (Å²) in [6.45, 7) is 0. The predicted octanol–water partition coefficient (Wildman–Crippen LogP) is 1.19. The summed E-state index contributed by atoms with van der Waals surface area (Å²) in [5, 5.41) is 2.51. The van der Waals surface area contributed by atoms with Crippen molar-refractivity contribution in [2.24, 2.45) is 0 Å². The number of anilines is 1. The summed E-state index contributed by atoms with van der Waals surface area (Å²) in [5.41, 5.74) is 0.473. The van der Waals surface area contributed by atoms with Crippen molar-refractivity contribution in [3.8, 4) is 0 Å². The zero-order chi connectivity index (χ0) is 8.55. The summed E-state index contributed by atoms with van der Waals surface area (Å²) in [7, 11) is 0. The van der Waals surface area contributed by atoms with Crippen LogP contribution in [0.1, 0.15) is 23.2 Å². The van der Waals surface area contributed by atoms with Crippen molar-refractivity contribution in [2.75, 3.05) is 5.32 Å². The molecule has 4 heteroatoms. The number of hydrogen-bond acceptors (Lipinski definition) is 3. The van der Waals surface area contributed by atoms with E-state index < -0.39 is 0 Å². The van der Waals surface area contributed by atoms with E-state index in [0.29, 0.717) is 5.56 Å². The Bertz CT molecular complexity index is 340. The number of nitrogens with one attached hydrogen (secondary N) is 1. The Morgan fingerprint density at radius 2 is 2.17 bits per heavy atom. The van der Waals surface area contributed by atoms with E-state index in [4.69, 9.17) is 4.42 Å². The van der Waals surface area contributed by atoms with Gasteiger partial charge in [-0.05, 0) is 6.07 Å². The molecule has 1 aromatic heterocycles. The van der Waals surface area contributed by atoms with Crippen molar-refractivity contribution < 1.29 is 14.0 Å². The highest BCUT2D eigenvalue weighted by atomic mass is 16.3. The van der Waals surface area contributed by atoms with Gasteiger partial charge in [0.25, 0.3) is 0 Å². The van der Waals surface area contributed by atoms with E-state index in [0.717, 1.165) is 0 Å². The van der Waals surface area contributed by atoms with Gasteiger partial charge in [-0.3, -0.25) is 14.9 Å². The third kappa shape index (κ3) is 1.01. The van der Waals surface area contributed by atoms with E-state index in [1.54, 1.807) is 6.07 Å². The number of rotatable bonds is 0. The molecule has 0 unspecified atom stereocenters. The number of furan rings is 1. The van der Waals surface area contributed by atoms with Crippen molar-refractivity contribution in [3.63, 3.8) is 0 Å². The highest BCUT2D eigenvalue weighted by Crippen LogP contribution is 2.22. The van der Waals surface area contributed by atoms with Crippen LogP contribution in [0.3, 0.4) is 0 Å². The maximum Gasteiger partial charge on any atom is 0.227 e. The second-order valence-corrected chi connectivity index (χ2v) is 2.63. The number of fused-ring (bicyclic) bond motifs is 1. The Kier molecular flexibility index (Phi) is 1.46. The highest BCUT2D eigenvalue weighted by molar-refractivity contribution is 6.07. The second kappa shape index (κ2) is 2.48. The first-order valence-electron chi connectivity index (χ1n) is 3.68. The molecule has 0 fully saturated rings. The number of ketones is 1. The Labute approximate surface area is 68.6 Å². The number of amides is 1. The van der Waals surface area contributed by atoms with E-state index in [1.165, 1.54) is 6.26 Å². The van der Waals surface area contributed by atoms with Crippen LogP contribution >= 0.6 is 0 Å². The summed E-state index contributed by atoms with van der Waals surface area (Å²) in [6.07, 6.45) is 1.90. The van der Waals surface area contributed by atoms with Gasteiger partial charge in [0, 0.05) is 12.8 Å². The molecule has 0 saturated heterocycles. The van der Waals surface area contributed by atoms with Crippen LogP contribution in [0.5, 0.6) is 0 Å². The molecule has 4 nitrogen and oxygen atoms in total. The van der Waals surface area contributed by atoms with Crippen LogP contribution in [0.25, 0.3) is 0 Å². The smallest absolute Gasteiger partial charge is 0.227 e. The molecule has 0 saturated carbocycles. The fraction of sp³-hybridized carbons (Fsp3) is 0.250. The fourth-order valence-electron chi connectivity index (χ4n) is 1.18. The quantitative estimate of drug-likeness (QED) is 0.628. The molecule has 2 rings (SSSR count). The van der Waals surface area contributed by atoms with Gasteiger partial charge in [0.05, 0.1) is 11.8 Å². The molecular formula is C8H7NO3. The first-order chi connectivity index (χ1) is 5.77. The van der Waals surface area contributed by atoms with Crippen LogP contribution in [0.2, 0.25) is 0 Å². The number of Topliss-reactive ketones (excluding diaryl/α,β-unsaturated/α-hetero) is 1. The summed E-state index contributed by atoms with van der Waals surface area (Å²) < 4.78 is 4.92. The Hall–Kier alpha value is -1.58. The summed E-state index contributed by atoms with van der Waals surface area (Å²) in [5.74, 6) is 0.0663. The Morgan fingerprint density at radius 1 is 1.33 bits per heavy atom. The van der Waals surface area contributed by atoms with E-state index >= 15 is 0 Å². The van der Waals surface area contributed by atoms with Crippen LogP contribution in [0.15, 0.2) is 16.7 Å². The zero-order valence-corrected chi connectivity index (χ0v) is 6.29. The maximum atomic E-state index is 11.3. The lowest BCUT2D eigenvalue weighted by Crippen LogP contribution is -2.08. The van der Waals surface area contributed by atoms with Crippen LogP contribution in [0.4, 0.5) is 5.88 Å². The van der Waals surface area contributed by atoms with Crippen molar-refractivity contribution in [2.45, 2.75) is 12.8 Å². The minimum absolute atomic E-state index is 0.0444. The van der Waals surface area contributed by atoms with Gasteiger partial charge in [0.15, 0.2) is 5.78 Å². The van der Waals surface area contributed by atoms with Gasteiger partial charge < -0.3 is 4.42 Å². The lowest BCUT2D eigenvalue weighted by atomic mass is 10.1. The van der Waals surface area contributed by atoms with Crippen molar-refractivity contribution >= 4 is 17.6 Å². The van der Waals surface area contributed by atoms with Gasteiger partial charge in [-0.25, -0.2) is 0 Å². The van der Waals surface area contributed by atoms with Gasteiger partial charge in [0.1, 0.15) is 0 Å². The van der Waals surface area contributed by atoms with Crippen LogP contribution in [0, 0.1) is 0 Å². The summed E-state index contributed by atoms with van der Waals surface area (Å²) in [6, 6.07) is 1.57. The van der Waals surface area contributed by atoms with Gasteiger partial charge in [-0.15, -0.1) is 0 Å². The third-order valence-corrected chi connectivity index (χ3v) is 1.80. The number of carbonyl (C=O) groups excluding carboxylic acids is 2. The van der Waals surface area contributed by atoms with Crippen LogP contribution in [-0.4, -0.2) is 11.7 Å². The summed E-state index contributed by atoms with van der Waals surface area (Å²) >= 11 is 0. The standard InChI is InChI=1S/C8H7NO3/c10-6-1-2-7(11)9-8-5(6)3-4-12-8/h3-4H,1-2H2,(H,9,11). The summed E-state index contributed by atoms with van der Waals surface area (Å²) in [4.78, 5) is 22.2. The van der Waals surface area contributed by atoms with Crippen molar-refractivity contribution in [1.82, 2.24) is 0 Å². The first-order valence-corrected chi connectivity index (χ1v) is 3.68. The van der Waals surface area contributed by atoms with Gasteiger partial charge >= 0.3 is 0 Å². The molecule has 12 heavy (non-hydrogen) atoms.